The molecule has 0 radical (unpaired) electrons. The van der Waals surface area contributed by atoms with Gasteiger partial charge in [-0.1, -0.05) is 20.8 Å². The number of aromatic amines is 1. The highest BCUT2D eigenvalue weighted by atomic mass is 31.2. The molecular formula is C23H42N3O6PSi. The first-order valence-electron chi connectivity index (χ1n) is 12.2. The van der Waals surface area contributed by atoms with Gasteiger partial charge >= 0.3 is 5.69 Å². The summed E-state index contributed by atoms with van der Waals surface area (Å²) in [5.41, 5.74) is -0.408. The van der Waals surface area contributed by atoms with Crippen molar-refractivity contribution in [2.75, 3.05) is 13.2 Å². The molecule has 9 nitrogen and oxygen atoms in total. The number of hydrogen-bond donors (Lipinski definition) is 1. The molecule has 0 aromatic carbocycles. The second-order valence-electron chi connectivity index (χ2n) is 11.3. The van der Waals surface area contributed by atoms with E-state index in [2.05, 4.69) is 64.3 Å². The highest BCUT2D eigenvalue weighted by Gasteiger charge is 2.44. The molecule has 0 spiro atoms. The van der Waals surface area contributed by atoms with Gasteiger partial charge in [0.15, 0.2) is 8.32 Å². The summed E-state index contributed by atoms with van der Waals surface area (Å²) in [7, 11) is -3.27. The fourth-order valence-corrected chi connectivity index (χ4v) is 6.58. The number of rotatable bonds is 7. The summed E-state index contributed by atoms with van der Waals surface area (Å²) in [6.45, 7) is 20.4. The summed E-state index contributed by atoms with van der Waals surface area (Å²) in [6, 6.07) is 0.295. The molecule has 2 saturated heterocycles. The van der Waals surface area contributed by atoms with Crippen molar-refractivity contribution in [1.29, 1.82) is 0 Å². The third-order valence-corrected chi connectivity index (χ3v) is 13.7. The summed E-state index contributed by atoms with van der Waals surface area (Å²) in [5, 5.41) is 0.0643. The molecule has 5 atom stereocenters. The van der Waals surface area contributed by atoms with Gasteiger partial charge in [0.25, 0.3) is 14.1 Å². The summed E-state index contributed by atoms with van der Waals surface area (Å²) in [5.74, 6) is 0. The monoisotopic (exact) mass is 515 g/mol. The number of ether oxygens (including phenoxy) is 1. The summed E-state index contributed by atoms with van der Waals surface area (Å²) in [6.07, 6.45) is 1.93. The van der Waals surface area contributed by atoms with Crippen LogP contribution in [0.25, 0.3) is 0 Å². The van der Waals surface area contributed by atoms with E-state index in [4.69, 9.17) is 18.2 Å². The van der Waals surface area contributed by atoms with E-state index >= 15 is 0 Å². The lowest BCUT2D eigenvalue weighted by Gasteiger charge is -2.40. The molecule has 0 saturated carbocycles. The van der Waals surface area contributed by atoms with E-state index < -0.39 is 28.8 Å². The number of aryl methyl sites for hydroxylation is 1. The molecule has 11 heteroatoms. The SMILES string of the molecule is Cc1cn([C@H]2C[C@H](OP3O[C@H](C)CCN3C(C)C)[C@@H](CO[Si](C)(C)C(C)(C)C)O2)c(=O)[nH]c1=O. The van der Waals surface area contributed by atoms with Crippen LogP contribution in [-0.4, -0.2) is 60.0 Å². The molecule has 2 fully saturated rings. The van der Waals surface area contributed by atoms with Crippen molar-refractivity contribution in [1.82, 2.24) is 14.2 Å². The van der Waals surface area contributed by atoms with Crippen molar-refractivity contribution in [2.24, 2.45) is 0 Å². The van der Waals surface area contributed by atoms with Crippen LogP contribution >= 0.6 is 8.53 Å². The zero-order chi connectivity index (χ0) is 25.4. The lowest BCUT2D eigenvalue weighted by molar-refractivity contribution is -0.0428. The van der Waals surface area contributed by atoms with Crippen LogP contribution in [0.1, 0.15) is 66.2 Å². The Hall–Kier alpha value is -0.873. The van der Waals surface area contributed by atoms with Crippen molar-refractivity contribution in [3.63, 3.8) is 0 Å². The second-order valence-corrected chi connectivity index (χ2v) is 17.5. The van der Waals surface area contributed by atoms with E-state index in [0.717, 1.165) is 13.0 Å². The van der Waals surface area contributed by atoms with E-state index in [1.807, 2.05) is 0 Å². The summed E-state index contributed by atoms with van der Waals surface area (Å²) >= 11 is 0. The Morgan fingerprint density at radius 2 is 1.97 bits per heavy atom. The molecule has 34 heavy (non-hydrogen) atoms. The third kappa shape index (κ3) is 6.27. The predicted octanol–water partition coefficient (Wildman–Crippen LogP) is 4.29. The molecule has 194 valence electrons. The van der Waals surface area contributed by atoms with Gasteiger partial charge in [0.2, 0.25) is 0 Å². The van der Waals surface area contributed by atoms with Crippen LogP contribution in [0.5, 0.6) is 0 Å². The highest BCUT2D eigenvalue weighted by molar-refractivity contribution is 7.44. The van der Waals surface area contributed by atoms with Crippen molar-refractivity contribution >= 4 is 16.8 Å². The van der Waals surface area contributed by atoms with Gasteiger partial charge in [-0.25, -0.2) is 9.46 Å². The minimum Gasteiger partial charge on any atom is -0.414 e. The van der Waals surface area contributed by atoms with Crippen LogP contribution in [-0.2, 0) is 18.2 Å². The van der Waals surface area contributed by atoms with Crippen molar-refractivity contribution in [3.05, 3.63) is 32.6 Å². The molecule has 3 rings (SSSR count). The van der Waals surface area contributed by atoms with Crippen LogP contribution < -0.4 is 11.2 Å². The molecule has 0 amide bonds. The number of nitrogens with one attached hydrogen (secondary N) is 1. The highest BCUT2D eigenvalue weighted by Crippen LogP contribution is 2.52. The molecule has 0 aliphatic carbocycles. The van der Waals surface area contributed by atoms with Gasteiger partial charge in [-0.3, -0.25) is 14.3 Å². The Kier molecular flexibility index (Phi) is 8.66. The van der Waals surface area contributed by atoms with E-state index in [1.165, 1.54) is 4.57 Å². The maximum Gasteiger partial charge on any atom is 0.330 e. The fourth-order valence-electron chi connectivity index (χ4n) is 3.75. The van der Waals surface area contributed by atoms with Gasteiger partial charge in [0, 0.05) is 30.8 Å². The lowest BCUT2D eigenvalue weighted by Crippen LogP contribution is -2.44. The average molecular weight is 516 g/mol. The minimum atomic E-state index is -2.01. The summed E-state index contributed by atoms with van der Waals surface area (Å²) < 4.78 is 29.4. The minimum absolute atomic E-state index is 0.0643. The second kappa shape index (κ2) is 10.6. The zero-order valence-electron chi connectivity index (χ0n) is 22.1. The van der Waals surface area contributed by atoms with Gasteiger partial charge in [-0.2, -0.15) is 0 Å². The first-order chi connectivity index (χ1) is 15.7. The number of nitrogens with zero attached hydrogens (tertiary/aromatic N) is 2. The van der Waals surface area contributed by atoms with Crippen molar-refractivity contribution < 1.29 is 18.2 Å². The van der Waals surface area contributed by atoms with Crippen molar-refractivity contribution in [3.8, 4) is 0 Å². The molecular weight excluding hydrogens is 473 g/mol. The largest absolute Gasteiger partial charge is 0.414 e. The van der Waals surface area contributed by atoms with E-state index in [-0.39, 0.29) is 28.9 Å². The molecule has 1 aromatic heterocycles. The van der Waals surface area contributed by atoms with E-state index in [1.54, 1.807) is 13.1 Å². The Bertz CT molecular complexity index is 959. The van der Waals surface area contributed by atoms with Crippen LogP contribution in [0.3, 0.4) is 0 Å². The van der Waals surface area contributed by atoms with Crippen LogP contribution in [0.2, 0.25) is 18.1 Å². The van der Waals surface area contributed by atoms with Gasteiger partial charge in [0.1, 0.15) is 12.3 Å². The van der Waals surface area contributed by atoms with Crippen LogP contribution in [0.15, 0.2) is 15.8 Å². The number of hydrogen-bond acceptors (Lipinski definition) is 7. The Morgan fingerprint density at radius 3 is 2.59 bits per heavy atom. The van der Waals surface area contributed by atoms with Crippen LogP contribution in [0.4, 0.5) is 0 Å². The van der Waals surface area contributed by atoms with E-state index in [0.29, 0.717) is 24.6 Å². The number of aromatic nitrogens is 2. The lowest BCUT2D eigenvalue weighted by atomic mass is 10.2. The predicted molar refractivity (Wildman–Crippen MR) is 137 cm³/mol. The first-order valence-corrected chi connectivity index (χ1v) is 16.2. The van der Waals surface area contributed by atoms with Gasteiger partial charge < -0.3 is 18.2 Å². The Labute approximate surface area is 205 Å². The maximum atomic E-state index is 12.5. The maximum absolute atomic E-state index is 12.5. The molecule has 2 aliphatic rings. The average Bonchev–Trinajstić information content (AvgIpc) is 3.10. The summed E-state index contributed by atoms with van der Waals surface area (Å²) in [4.78, 5) is 26.8. The molecule has 1 N–H and O–H groups in total. The Morgan fingerprint density at radius 1 is 1.29 bits per heavy atom. The molecule has 2 aliphatic heterocycles. The first kappa shape index (κ1) is 27.7. The van der Waals surface area contributed by atoms with Gasteiger partial charge in [-0.05, 0) is 52.2 Å². The molecule has 1 aromatic rings. The normalized spacial score (nSPS) is 29.2. The fraction of sp³-hybridized carbons (Fsp3) is 0.826. The number of H-pyrrole nitrogens is 1. The van der Waals surface area contributed by atoms with Crippen LogP contribution in [0, 0.1) is 6.92 Å². The standard InChI is InChI=1S/C23H42N3O6PSi/c1-15(2)26-11-10-17(4)31-33(26)32-18-12-20(25-13-16(3)21(27)24-22(25)28)30-19(18)14-29-34(8,9)23(5,6)7/h13,15,17-20H,10-12,14H2,1-9H3,(H,24,27,28)/t17-,18+,19-,20-,33?/m1/s1. The molecule has 0 bridgehead atoms. The van der Waals surface area contributed by atoms with E-state index in [9.17, 15) is 9.59 Å². The molecule has 1 unspecified atom stereocenters. The van der Waals surface area contributed by atoms with Gasteiger partial charge in [-0.15, -0.1) is 0 Å². The zero-order valence-corrected chi connectivity index (χ0v) is 24.0. The van der Waals surface area contributed by atoms with Crippen molar-refractivity contribution in [2.45, 2.75) is 110 Å². The third-order valence-electron chi connectivity index (χ3n) is 7.12. The molecule has 3 heterocycles. The topological polar surface area (TPSA) is 95.0 Å². The smallest absolute Gasteiger partial charge is 0.330 e. The van der Waals surface area contributed by atoms with Gasteiger partial charge in [0.05, 0.1) is 18.8 Å². The quantitative estimate of drug-likeness (QED) is 0.428. The Balaban J connectivity index is 1.85.